The van der Waals surface area contributed by atoms with Crippen LogP contribution in [0.2, 0.25) is 0 Å². The molecule has 2 aromatic carbocycles. The molecule has 0 atom stereocenters. The summed E-state index contributed by atoms with van der Waals surface area (Å²) in [5, 5.41) is 11.0. The van der Waals surface area contributed by atoms with Gasteiger partial charge in [-0.05, 0) is 26.0 Å². The van der Waals surface area contributed by atoms with Crippen LogP contribution in [0.5, 0.6) is 11.5 Å². The Morgan fingerprint density at radius 1 is 1.05 bits per heavy atom. The van der Waals surface area contributed by atoms with Crippen LogP contribution < -0.4 is 9.47 Å². The van der Waals surface area contributed by atoms with E-state index in [1.165, 1.54) is 13.8 Å². The molecule has 0 radical (unpaired) electrons. The minimum atomic E-state index is -1.35. The van der Waals surface area contributed by atoms with Crippen LogP contribution in [0.4, 0.5) is 0 Å². The molecule has 1 heterocycles. The van der Waals surface area contributed by atoms with Crippen LogP contribution in [-0.4, -0.2) is 23.8 Å². The molecule has 5 nitrogen and oxygen atoms in total. The van der Waals surface area contributed by atoms with Crippen LogP contribution in [0, 0.1) is 0 Å². The molecule has 3 aromatic rings. The smallest absolute Gasteiger partial charge is 0.347 e. The maximum Gasteiger partial charge on any atom is 0.347 e. The van der Waals surface area contributed by atoms with Crippen molar-refractivity contribution in [1.82, 2.24) is 0 Å². The topological polar surface area (TPSA) is 68.9 Å². The first kappa shape index (κ1) is 14.3. The number of hydrogen-bond donors (Lipinski definition) is 1. The third kappa shape index (κ3) is 2.15. The number of benzene rings is 2. The van der Waals surface area contributed by atoms with Crippen LogP contribution in [0.15, 0.2) is 40.8 Å². The first-order chi connectivity index (χ1) is 10.4. The Morgan fingerprint density at radius 2 is 1.59 bits per heavy atom. The molecule has 5 heteroatoms. The summed E-state index contributed by atoms with van der Waals surface area (Å²) in [4.78, 5) is 11.3. The first-order valence-electron chi connectivity index (χ1n) is 6.84. The fraction of sp³-hybridized carbons (Fsp3) is 0.235. The van der Waals surface area contributed by atoms with Crippen molar-refractivity contribution in [2.24, 2.45) is 0 Å². The number of ether oxygens (including phenoxy) is 2. The van der Waals surface area contributed by atoms with Crippen molar-refractivity contribution < 1.29 is 23.8 Å². The number of hydrogen-bond acceptors (Lipinski definition) is 4. The van der Waals surface area contributed by atoms with Gasteiger partial charge in [0.25, 0.3) is 0 Å². The quantitative estimate of drug-likeness (QED) is 0.793. The van der Waals surface area contributed by atoms with Crippen LogP contribution in [0.3, 0.4) is 0 Å². The van der Waals surface area contributed by atoms with E-state index in [2.05, 4.69) is 0 Å². The van der Waals surface area contributed by atoms with Gasteiger partial charge in [-0.1, -0.05) is 24.3 Å². The zero-order valence-electron chi connectivity index (χ0n) is 12.5. The monoisotopic (exact) mass is 300 g/mol. The molecular weight excluding hydrogens is 284 g/mol. The van der Waals surface area contributed by atoms with Gasteiger partial charge in [-0.2, -0.15) is 0 Å². The third-order valence-electron chi connectivity index (χ3n) is 3.55. The van der Waals surface area contributed by atoms with Crippen molar-refractivity contribution in [1.29, 1.82) is 0 Å². The van der Waals surface area contributed by atoms with Crippen LogP contribution in [0.25, 0.3) is 21.9 Å². The lowest BCUT2D eigenvalue weighted by molar-refractivity contribution is -0.152. The molecule has 0 amide bonds. The largest absolute Gasteiger partial charge is 0.493 e. The zero-order chi connectivity index (χ0) is 15.9. The highest BCUT2D eigenvalue weighted by Crippen LogP contribution is 2.39. The fourth-order valence-corrected chi connectivity index (χ4v) is 2.33. The van der Waals surface area contributed by atoms with Gasteiger partial charge in [0, 0.05) is 10.8 Å². The highest BCUT2D eigenvalue weighted by atomic mass is 16.5. The third-order valence-corrected chi connectivity index (χ3v) is 3.55. The van der Waals surface area contributed by atoms with Gasteiger partial charge in [0.15, 0.2) is 28.3 Å². The maximum absolute atomic E-state index is 11.3. The second-order valence-electron chi connectivity index (χ2n) is 5.49. The summed E-state index contributed by atoms with van der Waals surface area (Å²) in [7, 11) is 1.58. The molecule has 1 aromatic heterocycles. The van der Waals surface area contributed by atoms with Gasteiger partial charge >= 0.3 is 5.97 Å². The van der Waals surface area contributed by atoms with Crippen molar-refractivity contribution in [3.05, 3.63) is 36.4 Å². The number of rotatable bonds is 4. The predicted molar refractivity (Wildman–Crippen MR) is 82.6 cm³/mol. The average molecular weight is 300 g/mol. The number of furan rings is 1. The Labute approximate surface area is 127 Å². The van der Waals surface area contributed by atoms with Crippen molar-refractivity contribution >= 4 is 27.9 Å². The van der Waals surface area contributed by atoms with E-state index in [1.54, 1.807) is 13.2 Å². The van der Waals surface area contributed by atoms with Crippen LogP contribution in [-0.2, 0) is 4.79 Å². The molecule has 0 aliphatic carbocycles. The molecule has 0 saturated carbocycles. The molecule has 22 heavy (non-hydrogen) atoms. The Bertz CT molecular complexity index is 860. The average Bonchev–Trinajstić information content (AvgIpc) is 2.86. The Hall–Kier alpha value is -2.69. The molecule has 0 bridgehead atoms. The van der Waals surface area contributed by atoms with Gasteiger partial charge in [0.1, 0.15) is 0 Å². The predicted octanol–water partition coefficient (Wildman–Crippen LogP) is 3.84. The van der Waals surface area contributed by atoms with Gasteiger partial charge in [-0.3, -0.25) is 0 Å². The van der Waals surface area contributed by atoms with Gasteiger partial charge in [-0.25, -0.2) is 4.79 Å². The van der Waals surface area contributed by atoms with E-state index in [9.17, 15) is 9.90 Å². The Kier molecular flexibility index (Phi) is 3.20. The van der Waals surface area contributed by atoms with Gasteiger partial charge < -0.3 is 19.0 Å². The molecule has 1 N–H and O–H groups in total. The highest BCUT2D eigenvalue weighted by molar-refractivity contribution is 6.08. The van der Waals surface area contributed by atoms with Gasteiger partial charge in [-0.15, -0.1) is 0 Å². The fourth-order valence-electron chi connectivity index (χ4n) is 2.33. The molecule has 3 rings (SSSR count). The molecule has 0 unspecified atom stereocenters. The standard InChI is InChI=1S/C17H16O5/c1-17(2,16(18)19)22-13-9-5-7-11-10-6-4-8-12(20-3)14(10)21-15(11)13/h4-9H,1-3H3,(H,18,19). The number of carbonyl (C=O) groups is 1. The number of carboxylic acid groups (broad SMARTS) is 1. The molecule has 0 spiro atoms. The summed E-state index contributed by atoms with van der Waals surface area (Å²) in [5.74, 6) is -0.0292. The first-order valence-corrected chi connectivity index (χ1v) is 6.84. The van der Waals surface area contributed by atoms with Crippen molar-refractivity contribution in [3.63, 3.8) is 0 Å². The number of carboxylic acids is 1. The summed E-state index contributed by atoms with van der Waals surface area (Å²) < 4.78 is 16.8. The van der Waals surface area contributed by atoms with E-state index < -0.39 is 11.6 Å². The molecule has 0 aliphatic heterocycles. The molecular formula is C17H16O5. The molecule has 0 fully saturated rings. The minimum absolute atomic E-state index is 0.392. The molecule has 114 valence electrons. The number of para-hydroxylation sites is 2. The molecule has 0 saturated heterocycles. The van der Waals surface area contributed by atoms with E-state index in [0.29, 0.717) is 22.7 Å². The second-order valence-corrected chi connectivity index (χ2v) is 5.49. The highest BCUT2D eigenvalue weighted by Gasteiger charge is 2.30. The summed E-state index contributed by atoms with van der Waals surface area (Å²) in [6.45, 7) is 2.99. The SMILES string of the molecule is COc1cccc2c1oc1c(OC(C)(C)C(=O)O)cccc12. The molecule has 0 aliphatic rings. The summed E-state index contributed by atoms with van der Waals surface area (Å²) in [5.41, 5.74) is -0.224. The summed E-state index contributed by atoms with van der Waals surface area (Å²) >= 11 is 0. The van der Waals surface area contributed by atoms with Gasteiger partial charge in [0.2, 0.25) is 0 Å². The van der Waals surface area contributed by atoms with Crippen molar-refractivity contribution in [3.8, 4) is 11.5 Å². The minimum Gasteiger partial charge on any atom is -0.493 e. The van der Waals surface area contributed by atoms with Crippen LogP contribution >= 0.6 is 0 Å². The van der Waals surface area contributed by atoms with E-state index >= 15 is 0 Å². The van der Waals surface area contributed by atoms with E-state index in [1.807, 2.05) is 30.3 Å². The van der Waals surface area contributed by atoms with E-state index in [-0.39, 0.29) is 0 Å². The summed E-state index contributed by atoms with van der Waals surface area (Å²) in [6, 6.07) is 11.0. The lowest BCUT2D eigenvalue weighted by Crippen LogP contribution is -2.37. The van der Waals surface area contributed by atoms with E-state index in [0.717, 1.165) is 10.8 Å². The Morgan fingerprint density at radius 3 is 2.14 bits per heavy atom. The van der Waals surface area contributed by atoms with Crippen LogP contribution in [0.1, 0.15) is 13.8 Å². The van der Waals surface area contributed by atoms with Crippen molar-refractivity contribution in [2.45, 2.75) is 19.4 Å². The normalized spacial score (nSPS) is 11.8. The van der Waals surface area contributed by atoms with Gasteiger partial charge in [0.05, 0.1) is 7.11 Å². The number of methoxy groups -OCH3 is 1. The number of fused-ring (bicyclic) bond motifs is 3. The summed E-state index contributed by atoms with van der Waals surface area (Å²) in [6.07, 6.45) is 0. The second kappa shape index (κ2) is 4.94. The van der Waals surface area contributed by atoms with E-state index in [4.69, 9.17) is 13.9 Å². The van der Waals surface area contributed by atoms with Crippen molar-refractivity contribution in [2.75, 3.05) is 7.11 Å². The lowest BCUT2D eigenvalue weighted by atomic mass is 10.1. The zero-order valence-corrected chi connectivity index (χ0v) is 12.5. The maximum atomic E-state index is 11.3. The number of aliphatic carboxylic acids is 1. The Balaban J connectivity index is 2.23. The lowest BCUT2D eigenvalue weighted by Gasteiger charge is -2.21.